The van der Waals surface area contributed by atoms with E-state index < -0.39 is 0 Å². The highest BCUT2D eigenvalue weighted by molar-refractivity contribution is 6.30. The Bertz CT molecular complexity index is 1540. The number of para-hydroxylation sites is 2. The van der Waals surface area contributed by atoms with Crippen LogP contribution in [-0.2, 0) is 0 Å². The zero-order chi connectivity index (χ0) is 18.1. The van der Waals surface area contributed by atoms with Gasteiger partial charge in [-0.2, -0.15) is 0 Å². The van der Waals surface area contributed by atoms with Crippen molar-refractivity contribution in [1.29, 1.82) is 0 Å². The van der Waals surface area contributed by atoms with Gasteiger partial charge in [0.1, 0.15) is 0 Å². The number of hydrogen-bond donors (Lipinski definition) is 1. The number of hydrogen-bond acceptors (Lipinski definition) is 0. The van der Waals surface area contributed by atoms with Crippen LogP contribution in [0.5, 0.6) is 0 Å². The van der Waals surface area contributed by atoms with E-state index in [1.165, 1.54) is 54.6 Å². The van der Waals surface area contributed by atoms with Gasteiger partial charge in [-0.15, -0.1) is 0 Å². The van der Waals surface area contributed by atoms with Crippen LogP contribution >= 0.6 is 0 Å². The van der Waals surface area contributed by atoms with Crippen molar-refractivity contribution in [3.8, 4) is 0 Å². The topological polar surface area (TPSA) is 20.2 Å². The van der Waals surface area contributed by atoms with Crippen LogP contribution in [0.2, 0.25) is 0 Å². The molecule has 0 unspecified atom stereocenters. The van der Waals surface area contributed by atoms with Crippen LogP contribution < -0.4 is 0 Å². The van der Waals surface area contributed by atoms with Gasteiger partial charge in [0.2, 0.25) is 0 Å². The van der Waals surface area contributed by atoms with E-state index >= 15 is 0 Å². The van der Waals surface area contributed by atoms with Gasteiger partial charge in [-0.05, 0) is 31.2 Å². The molecule has 0 amide bonds. The van der Waals surface area contributed by atoms with Crippen LogP contribution in [0.4, 0.5) is 0 Å². The molecule has 0 bridgehead atoms. The predicted molar refractivity (Wildman–Crippen MR) is 118 cm³/mol. The summed E-state index contributed by atoms with van der Waals surface area (Å²) in [6.45, 7) is 6.22. The minimum absolute atomic E-state index is 1.16. The summed E-state index contributed by atoms with van der Waals surface area (Å²) in [6.07, 6.45) is 6.32. The lowest BCUT2D eigenvalue weighted by atomic mass is 10.0. The largest absolute Gasteiger partial charge is 0.354 e. The molecule has 3 heterocycles. The second-order valence-electron chi connectivity index (χ2n) is 7.10. The highest BCUT2D eigenvalue weighted by Gasteiger charge is 2.22. The number of nitrogens with one attached hydrogen (secondary N) is 1. The third-order valence-corrected chi connectivity index (χ3v) is 5.74. The van der Waals surface area contributed by atoms with Gasteiger partial charge in [0.15, 0.2) is 0 Å². The van der Waals surface area contributed by atoms with Crippen molar-refractivity contribution < 1.29 is 0 Å². The molecule has 0 radical (unpaired) electrons. The molecule has 2 heteroatoms. The summed E-state index contributed by atoms with van der Waals surface area (Å²) in [7, 11) is 0. The lowest BCUT2D eigenvalue weighted by Crippen LogP contribution is -1.84. The number of aromatic amines is 1. The third kappa shape index (κ3) is 1.65. The lowest BCUT2D eigenvalue weighted by Gasteiger charge is -2.01. The summed E-state index contributed by atoms with van der Waals surface area (Å²) in [5.41, 5.74) is 7.30. The molecule has 0 saturated heterocycles. The molecular weight excluding hydrogens is 328 g/mol. The number of rotatable bonds is 2. The highest BCUT2D eigenvalue weighted by Crippen LogP contribution is 2.44. The standard InChI is InChI=1S/C25H18N2/c1-3-9-17-21(4-2)27-22-13-8-6-10-15(22)18-14-20-23(24(17)25(18)27)16-11-5-7-12-19(16)26-20/h3-14,26H,2H2,1H3/b9-3-. The molecule has 3 aromatic carbocycles. The summed E-state index contributed by atoms with van der Waals surface area (Å²) >= 11 is 0. The number of allylic oxidation sites excluding steroid dienone is 1. The number of benzene rings is 3. The predicted octanol–water partition coefficient (Wildman–Crippen LogP) is 6.99. The second kappa shape index (κ2) is 5.01. The van der Waals surface area contributed by atoms with Crippen molar-refractivity contribution in [2.75, 3.05) is 0 Å². The van der Waals surface area contributed by atoms with E-state index in [-0.39, 0.29) is 0 Å². The van der Waals surface area contributed by atoms with Crippen LogP contribution in [0.25, 0.3) is 61.1 Å². The second-order valence-corrected chi connectivity index (χ2v) is 7.10. The molecule has 6 aromatic rings. The van der Waals surface area contributed by atoms with E-state index in [1.807, 2.05) is 6.08 Å². The van der Waals surface area contributed by atoms with Crippen molar-refractivity contribution in [3.63, 3.8) is 0 Å². The van der Waals surface area contributed by atoms with E-state index in [2.05, 4.69) is 89.6 Å². The van der Waals surface area contributed by atoms with Gasteiger partial charge in [-0.1, -0.05) is 55.1 Å². The Morgan fingerprint density at radius 2 is 1.67 bits per heavy atom. The smallest absolute Gasteiger partial charge is 0.0628 e. The maximum atomic E-state index is 4.14. The molecule has 128 valence electrons. The first-order valence-electron chi connectivity index (χ1n) is 9.30. The van der Waals surface area contributed by atoms with Crippen molar-refractivity contribution in [3.05, 3.63) is 78.5 Å². The Balaban J connectivity index is 2.06. The maximum Gasteiger partial charge on any atom is 0.0628 e. The molecule has 6 rings (SSSR count). The first-order valence-corrected chi connectivity index (χ1v) is 9.30. The van der Waals surface area contributed by atoms with Crippen molar-refractivity contribution in [2.45, 2.75) is 6.92 Å². The van der Waals surface area contributed by atoms with Crippen molar-refractivity contribution in [2.24, 2.45) is 0 Å². The molecule has 0 aliphatic carbocycles. The van der Waals surface area contributed by atoms with Gasteiger partial charge < -0.3 is 9.38 Å². The van der Waals surface area contributed by atoms with Crippen LogP contribution in [0.15, 0.2) is 67.3 Å². The van der Waals surface area contributed by atoms with E-state index in [0.29, 0.717) is 0 Å². The van der Waals surface area contributed by atoms with Crippen molar-refractivity contribution >= 4 is 61.1 Å². The molecule has 0 fully saturated rings. The summed E-state index contributed by atoms with van der Waals surface area (Å²) < 4.78 is 2.38. The average molecular weight is 346 g/mol. The lowest BCUT2D eigenvalue weighted by molar-refractivity contribution is 1.27. The van der Waals surface area contributed by atoms with E-state index in [0.717, 1.165) is 5.69 Å². The minimum atomic E-state index is 1.16. The maximum absolute atomic E-state index is 4.14. The Hall–Kier alpha value is -3.52. The van der Waals surface area contributed by atoms with Gasteiger partial charge in [0.05, 0.1) is 16.7 Å². The van der Waals surface area contributed by atoms with E-state index in [4.69, 9.17) is 0 Å². The zero-order valence-corrected chi connectivity index (χ0v) is 15.1. The first-order chi connectivity index (χ1) is 13.3. The van der Waals surface area contributed by atoms with Crippen molar-refractivity contribution in [1.82, 2.24) is 9.38 Å². The van der Waals surface area contributed by atoms with E-state index in [9.17, 15) is 0 Å². The third-order valence-electron chi connectivity index (χ3n) is 5.74. The molecule has 0 saturated carbocycles. The Kier molecular flexibility index (Phi) is 2.72. The fourth-order valence-electron chi connectivity index (χ4n) is 4.76. The first kappa shape index (κ1) is 14.6. The SMILES string of the molecule is C=Cc1c(/C=C\C)c2c3c(cc4c5ccccc5n1c42)[nH]c1ccccc13. The minimum Gasteiger partial charge on any atom is -0.354 e. The number of nitrogens with zero attached hydrogens (tertiary/aromatic N) is 1. The summed E-state index contributed by atoms with van der Waals surface area (Å²) in [6, 6.07) is 19.5. The number of aromatic nitrogens is 2. The molecule has 2 nitrogen and oxygen atoms in total. The van der Waals surface area contributed by atoms with Gasteiger partial charge in [0, 0.05) is 43.5 Å². The monoisotopic (exact) mass is 346 g/mol. The zero-order valence-electron chi connectivity index (χ0n) is 15.1. The van der Waals surface area contributed by atoms with Crippen LogP contribution in [-0.4, -0.2) is 9.38 Å². The number of H-pyrrole nitrogens is 1. The molecular formula is C25H18N2. The molecule has 0 aliphatic heterocycles. The molecule has 0 atom stereocenters. The molecule has 0 spiro atoms. The van der Waals surface area contributed by atoms with Crippen LogP contribution in [0.3, 0.4) is 0 Å². The quantitative estimate of drug-likeness (QED) is 0.348. The Morgan fingerprint density at radius 3 is 2.48 bits per heavy atom. The molecule has 0 aliphatic rings. The van der Waals surface area contributed by atoms with Gasteiger partial charge >= 0.3 is 0 Å². The summed E-state index contributed by atoms with van der Waals surface area (Å²) in [4.78, 5) is 3.64. The number of fused-ring (bicyclic) bond motifs is 7. The summed E-state index contributed by atoms with van der Waals surface area (Å²) in [5.74, 6) is 0. The highest BCUT2D eigenvalue weighted by atomic mass is 14.9. The molecule has 27 heavy (non-hydrogen) atoms. The molecule has 3 aromatic heterocycles. The van der Waals surface area contributed by atoms with Gasteiger partial charge in [-0.25, -0.2) is 0 Å². The normalized spacial score (nSPS) is 12.6. The summed E-state index contributed by atoms with van der Waals surface area (Å²) in [5, 5.41) is 6.46. The van der Waals surface area contributed by atoms with Gasteiger partial charge in [0.25, 0.3) is 0 Å². The molecule has 1 N–H and O–H groups in total. The van der Waals surface area contributed by atoms with Crippen LogP contribution in [0.1, 0.15) is 18.2 Å². The fraction of sp³-hybridized carbons (Fsp3) is 0.0400. The van der Waals surface area contributed by atoms with Crippen LogP contribution in [0, 0.1) is 0 Å². The Labute approximate surface area is 156 Å². The van der Waals surface area contributed by atoms with E-state index in [1.54, 1.807) is 0 Å². The Morgan fingerprint density at radius 1 is 0.889 bits per heavy atom. The van der Waals surface area contributed by atoms with Gasteiger partial charge in [-0.3, -0.25) is 0 Å². The fourth-order valence-corrected chi connectivity index (χ4v) is 4.76. The average Bonchev–Trinajstić information content (AvgIpc) is 3.33.